The molecule has 0 aliphatic carbocycles. The Morgan fingerprint density at radius 3 is 1.55 bits per heavy atom. The third-order valence-corrected chi connectivity index (χ3v) is 13.0. The lowest BCUT2D eigenvalue weighted by atomic mass is 9.91. The minimum absolute atomic E-state index is 0.0400. The Morgan fingerprint density at radius 1 is 0.534 bits per heavy atom. The van der Waals surface area contributed by atoms with Crippen molar-refractivity contribution in [2.24, 2.45) is 35.5 Å². The molecular formula is C53H93N7O13. The molecule has 1 heterocycles. The van der Waals surface area contributed by atoms with Crippen molar-refractivity contribution in [2.75, 3.05) is 0 Å². The van der Waals surface area contributed by atoms with E-state index in [2.05, 4.69) is 58.0 Å². The number of ether oxygens (including phenoxy) is 1. The summed E-state index contributed by atoms with van der Waals surface area (Å²) in [6.07, 6.45) is 6.14. The van der Waals surface area contributed by atoms with Crippen LogP contribution < -0.4 is 37.2 Å². The van der Waals surface area contributed by atoms with Crippen LogP contribution in [0.1, 0.15) is 192 Å². The zero-order chi connectivity index (χ0) is 55.5. The molecule has 1 rings (SSSR count). The van der Waals surface area contributed by atoms with Crippen molar-refractivity contribution in [3.63, 3.8) is 0 Å². The number of hydrogen-bond donors (Lipinski definition) is 9. The topological polar surface area (TPSA) is 305 Å². The minimum Gasteiger partial charge on any atom is -0.481 e. The first-order chi connectivity index (χ1) is 34.1. The molecular weight excluding hydrogens is 943 g/mol. The van der Waals surface area contributed by atoms with Crippen LogP contribution in [0.5, 0.6) is 0 Å². The highest BCUT2D eigenvalue weighted by molar-refractivity contribution is 5.98. The van der Waals surface area contributed by atoms with Crippen LogP contribution in [0, 0.1) is 35.5 Å². The summed E-state index contributed by atoms with van der Waals surface area (Å²) in [5, 5.41) is 37.4. The molecule has 7 amide bonds. The summed E-state index contributed by atoms with van der Waals surface area (Å²) in [7, 11) is 0. The Hall–Kier alpha value is -5.30. The minimum atomic E-state index is -1.71. The van der Waals surface area contributed by atoms with Crippen LogP contribution in [-0.4, -0.2) is 118 Å². The molecule has 10 atom stereocenters. The average molecular weight is 1040 g/mol. The SMILES string of the molecule is CCC(C)CC(C)CCCCCCCC[C@@H]1CC(=O)N[C@@H](CCC(=O)O)C(=O)N[C@H](C(C)C)C(=O)N[C@@H](CC(C)C)C(=O)N[C@@H](C)C(=O)N[C@H](CC(=O)O)C(=O)N[C@@H](CC(C)C)C(=O)N[C@H](CC(C)C)C(=O)O1. The first-order valence-corrected chi connectivity index (χ1v) is 26.9. The molecule has 0 bridgehead atoms. The van der Waals surface area contributed by atoms with Crippen molar-refractivity contribution in [3.8, 4) is 0 Å². The maximum absolute atomic E-state index is 14.2. The lowest BCUT2D eigenvalue weighted by Crippen LogP contribution is -2.60. The summed E-state index contributed by atoms with van der Waals surface area (Å²) in [4.78, 5) is 135. The van der Waals surface area contributed by atoms with Crippen molar-refractivity contribution in [3.05, 3.63) is 0 Å². The number of cyclic esters (lactones) is 1. The van der Waals surface area contributed by atoms with E-state index in [4.69, 9.17) is 4.74 Å². The van der Waals surface area contributed by atoms with Crippen LogP contribution in [0.2, 0.25) is 0 Å². The number of carbonyl (C=O) groups is 10. The quantitative estimate of drug-likeness (QED) is 0.0453. The third kappa shape index (κ3) is 27.5. The maximum atomic E-state index is 14.2. The highest BCUT2D eigenvalue weighted by Gasteiger charge is 2.36. The molecule has 20 nitrogen and oxygen atoms in total. The predicted molar refractivity (Wildman–Crippen MR) is 276 cm³/mol. The van der Waals surface area contributed by atoms with Gasteiger partial charge in [-0.1, -0.05) is 121 Å². The normalized spacial score (nSPS) is 24.8. The van der Waals surface area contributed by atoms with E-state index in [0.29, 0.717) is 18.3 Å². The molecule has 1 aliphatic rings. The predicted octanol–water partition coefficient (Wildman–Crippen LogP) is 5.04. The Kier molecular flexibility index (Phi) is 30.8. The Balaban J connectivity index is 3.79. The van der Waals surface area contributed by atoms with E-state index < -0.39 is 133 Å². The van der Waals surface area contributed by atoms with Gasteiger partial charge in [0.1, 0.15) is 48.4 Å². The van der Waals surface area contributed by atoms with E-state index in [1.54, 1.807) is 41.5 Å². The van der Waals surface area contributed by atoms with E-state index in [1.807, 2.05) is 13.8 Å². The molecule has 0 aromatic heterocycles. The first kappa shape index (κ1) is 65.7. The Morgan fingerprint density at radius 2 is 1.01 bits per heavy atom. The third-order valence-electron chi connectivity index (χ3n) is 13.0. The molecule has 0 aromatic carbocycles. The van der Waals surface area contributed by atoms with Crippen molar-refractivity contribution in [1.29, 1.82) is 0 Å². The van der Waals surface area contributed by atoms with Crippen molar-refractivity contribution in [2.45, 2.75) is 241 Å². The zero-order valence-corrected chi connectivity index (χ0v) is 46.0. The van der Waals surface area contributed by atoms with Gasteiger partial charge in [-0.15, -0.1) is 0 Å². The smallest absolute Gasteiger partial charge is 0.328 e. The number of carboxylic acids is 2. The molecule has 0 saturated carbocycles. The molecule has 20 heteroatoms. The number of aliphatic carboxylic acids is 2. The van der Waals surface area contributed by atoms with Crippen LogP contribution in [0.3, 0.4) is 0 Å². The fraction of sp³-hybridized carbons (Fsp3) is 0.811. The largest absolute Gasteiger partial charge is 0.481 e. The van der Waals surface area contributed by atoms with E-state index in [0.717, 1.165) is 44.9 Å². The van der Waals surface area contributed by atoms with E-state index >= 15 is 0 Å². The van der Waals surface area contributed by atoms with Crippen LogP contribution in [0.4, 0.5) is 0 Å². The van der Waals surface area contributed by atoms with Gasteiger partial charge in [0.25, 0.3) is 0 Å². The van der Waals surface area contributed by atoms with Gasteiger partial charge in [-0.2, -0.15) is 0 Å². The maximum Gasteiger partial charge on any atom is 0.328 e. The number of carboxylic acid groups (broad SMARTS) is 2. The number of unbranched alkanes of at least 4 members (excludes halogenated alkanes) is 5. The number of esters is 1. The van der Waals surface area contributed by atoms with Gasteiger partial charge < -0.3 is 52.2 Å². The Labute approximate surface area is 434 Å². The van der Waals surface area contributed by atoms with Gasteiger partial charge in [0.15, 0.2) is 0 Å². The first-order valence-electron chi connectivity index (χ1n) is 26.9. The number of nitrogens with one attached hydrogen (secondary N) is 7. The fourth-order valence-electron chi connectivity index (χ4n) is 8.74. The molecule has 73 heavy (non-hydrogen) atoms. The van der Waals surface area contributed by atoms with Crippen molar-refractivity contribution >= 4 is 59.3 Å². The van der Waals surface area contributed by atoms with Crippen LogP contribution >= 0.6 is 0 Å². The van der Waals surface area contributed by atoms with E-state index in [-0.39, 0.29) is 49.9 Å². The molecule has 1 saturated heterocycles. The van der Waals surface area contributed by atoms with Gasteiger partial charge in [-0.05, 0) is 87.4 Å². The number of rotatable bonds is 24. The standard InChI is InChI=1S/C53H93N7O13/c1-13-34(10)27-35(11)20-18-16-14-15-17-19-21-37-28-43(61)55-38(22-23-44(62)63)48(67)60-46(33(8)9)52(71)58-39(24-30(2)3)49(68)54-36(12)47(66)56-41(29-45(64)65)51(70)57-40(25-31(4)5)50(69)59-42(26-32(6)7)53(72)73-37/h30-42,46H,13-29H2,1-12H3,(H,54,68)(H,55,61)(H,56,66)(H,57,70)(H,58,71)(H,59,69)(H,60,67)(H,62,63)(H,64,65)/t34?,35?,36-,37+,38-,39-,40-,41+,42+,46+/m0/s1. The zero-order valence-electron chi connectivity index (χ0n) is 46.0. The van der Waals surface area contributed by atoms with Crippen LogP contribution in [-0.2, 0) is 52.7 Å². The van der Waals surface area contributed by atoms with Crippen molar-refractivity contribution in [1.82, 2.24) is 37.2 Å². The lowest BCUT2D eigenvalue weighted by Gasteiger charge is -2.28. The molecule has 2 unspecified atom stereocenters. The van der Waals surface area contributed by atoms with E-state index in [1.165, 1.54) is 13.3 Å². The van der Waals surface area contributed by atoms with Gasteiger partial charge in [0, 0.05) is 6.42 Å². The van der Waals surface area contributed by atoms with Gasteiger partial charge in [0.2, 0.25) is 41.4 Å². The van der Waals surface area contributed by atoms with Crippen molar-refractivity contribution < 1.29 is 62.9 Å². The number of amides is 7. The molecule has 1 fully saturated rings. The van der Waals surface area contributed by atoms with Gasteiger partial charge in [0.05, 0.1) is 12.8 Å². The molecule has 0 aromatic rings. The molecule has 0 radical (unpaired) electrons. The van der Waals surface area contributed by atoms with Gasteiger partial charge in [-0.25, -0.2) is 4.79 Å². The van der Waals surface area contributed by atoms with Gasteiger partial charge >= 0.3 is 17.9 Å². The highest BCUT2D eigenvalue weighted by Crippen LogP contribution is 2.22. The summed E-state index contributed by atoms with van der Waals surface area (Å²) >= 11 is 0. The van der Waals surface area contributed by atoms with Crippen LogP contribution in [0.25, 0.3) is 0 Å². The highest BCUT2D eigenvalue weighted by atomic mass is 16.5. The summed E-state index contributed by atoms with van der Waals surface area (Å²) in [5.74, 6) is -9.30. The average Bonchev–Trinajstić information content (AvgIpc) is 3.27. The molecule has 9 N–H and O–H groups in total. The summed E-state index contributed by atoms with van der Waals surface area (Å²) < 4.78 is 6.04. The number of hydrogen-bond acceptors (Lipinski definition) is 11. The fourth-order valence-corrected chi connectivity index (χ4v) is 8.74. The van der Waals surface area contributed by atoms with Crippen LogP contribution in [0.15, 0.2) is 0 Å². The molecule has 0 spiro atoms. The lowest BCUT2D eigenvalue weighted by molar-refractivity contribution is -0.155. The summed E-state index contributed by atoms with van der Waals surface area (Å²) in [6.45, 7) is 22.1. The molecule has 418 valence electrons. The monoisotopic (exact) mass is 1040 g/mol. The molecule has 1 aliphatic heterocycles. The van der Waals surface area contributed by atoms with E-state index in [9.17, 15) is 58.2 Å². The second-order valence-corrected chi connectivity index (χ2v) is 22.1. The summed E-state index contributed by atoms with van der Waals surface area (Å²) in [6, 6.07) is -9.67. The Bertz CT molecular complexity index is 1810. The second-order valence-electron chi connectivity index (χ2n) is 22.1. The number of carbonyl (C=O) groups excluding carboxylic acids is 8. The van der Waals surface area contributed by atoms with Gasteiger partial charge in [-0.3, -0.25) is 43.2 Å². The summed E-state index contributed by atoms with van der Waals surface area (Å²) in [5.41, 5.74) is 0. The second kappa shape index (κ2) is 34.2.